The van der Waals surface area contributed by atoms with Gasteiger partial charge in [0.15, 0.2) is 0 Å². The quantitative estimate of drug-likeness (QED) is 0.497. The van der Waals surface area contributed by atoms with Crippen molar-refractivity contribution in [1.29, 1.82) is 0 Å². The number of allylic oxidation sites excluding steroid dienone is 2. The van der Waals surface area contributed by atoms with Gasteiger partial charge in [0.2, 0.25) is 12.2 Å². The second-order valence-corrected chi connectivity index (χ2v) is 3.18. The molecule has 0 spiro atoms. The number of hydrogen-bond acceptors (Lipinski definition) is 4. The summed E-state index contributed by atoms with van der Waals surface area (Å²) in [5, 5.41) is 0. The van der Waals surface area contributed by atoms with Crippen molar-refractivity contribution < 1.29 is 9.59 Å². The van der Waals surface area contributed by atoms with Crippen LogP contribution in [-0.2, 0) is 9.59 Å². The van der Waals surface area contributed by atoms with E-state index in [0.717, 1.165) is 18.4 Å². The summed E-state index contributed by atoms with van der Waals surface area (Å²) < 4.78 is 0. The van der Waals surface area contributed by atoms with Crippen molar-refractivity contribution in [3.05, 3.63) is 11.3 Å². The van der Waals surface area contributed by atoms with Gasteiger partial charge in [-0.2, -0.15) is 4.99 Å². The van der Waals surface area contributed by atoms with Crippen LogP contribution in [0.4, 0.5) is 0 Å². The van der Waals surface area contributed by atoms with E-state index in [2.05, 4.69) is 9.98 Å². The van der Waals surface area contributed by atoms with E-state index >= 15 is 0 Å². The molecule has 76 valence electrons. The highest BCUT2D eigenvalue weighted by molar-refractivity contribution is 5.37. The standard InChI is InChI=1S/C10H14N2O2/c1-8(10(3)12-7-14)4-5-9(2)11-6-13/h9H,4-5H2,1-3H3. The summed E-state index contributed by atoms with van der Waals surface area (Å²) >= 11 is 0. The van der Waals surface area contributed by atoms with Crippen molar-refractivity contribution in [2.45, 2.75) is 39.7 Å². The normalized spacial score (nSPS) is 13.4. The average molecular weight is 194 g/mol. The SMILES string of the molecule is CC(CCC(C)N=C=O)=C(C)N=C=O. The van der Waals surface area contributed by atoms with Crippen LogP contribution in [0.2, 0.25) is 0 Å². The third kappa shape index (κ3) is 5.20. The molecule has 0 radical (unpaired) electrons. The van der Waals surface area contributed by atoms with Crippen molar-refractivity contribution >= 4 is 12.2 Å². The van der Waals surface area contributed by atoms with Crippen LogP contribution < -0.4 is 0 Å². The molecule has 0 saturated carbocycles. The minimum atomic E-state index is -0.0320. The fraction of sp³-hybridized carbons (Fsp3) is 0.600. The zero-order chi connectivity index (χ0) is 11.0. The van der Waals surface area contributed by atoms with Gasteiger partial charge >= 0.3 is 0 Å². The third-order valence-electron chi connectivity index (χ3n) is 2.04. The third-order valence-corrected chi connectivity index (χ3v) is 2.04. The molecule has 4 heteroatoms. The molecule has 0 aliphatic carbocycles. The van der Waals surface area contributed by atoms with Gasteiger partial charge in [0.05, 0.1) is 6.04 Å². The van der Waals surface area contributed by atoms with Gasteiger partial charge in [-0.25, -0.2) is 14.6 Å². The highest BCUT2D eigenvalue weighted by atomic mass is 16.1. The van der Waals surface area contributed by atoms with Crippen LogP contribution >= 0.6 is 0 Å². The predicted octanol–water partition coefficient (Wildman–Crippen LogP) is 2.12. The van der Waals surface area contributed by atoms with E-state index in [1.807, 2.05) is 13.8 Å². The molecule has 0 aromatic rings. The van der Waals surface area contributed by atoms with Crippen molar-refractivity contribution in [3.63, 3.8) is 0 Å². The number of nitrogens with zero attached hydrogens (tertiary/aromatic N) is 2. The Balaban J connectivity index is 4.19. The van der Waals surface area contributed by atoms with Gasteiger partial charge in [0.25, 0.3) is 0 Å². The lowest BCUT2D eigenvalue weighted by Crippen LogP contribution is -1.97. The van der Waals surface area contributed by atoms with Gasteiger partial charge in [-0.05, 0) is 33.6 Å². The van der Waals surface area contributed by atoms with E-state index in [1.165, 1.54) is 12.2 Å². The molecule has 0 heterocycles. The van der Waals surface area contributed by atoms with Crippen LogP contribution in [0.1, 0.15) is 33.6 Å². The summed E-state index contributed by atoms with van der Waals surface area (Å²) in [4.78, 5) is 27.0. The Morgan fingerprint density at radius 3 is 2.43 bits per heavy atom. The molecule has 1 unspecified atom stereocenters. The molecular formula is C10H14N2O2. The van der Waals surface area contributed by atoms with E-state index < -0.39 is 0 Å². The fourth-order valence-electron chi connectivity index (χ4n) is 0.925. The molecule has 0 saturated heterocycles. The highest BCUT2D eigenvalue weighted by Gasteiger charge is 2.01. The Bertz CT molecular complexity index is 308. The molecule has 14 heavy (non-hydrogen) atoms. The first-order valence-corrected chi connectivity index (χ1v) is 4.43. The van der Waals surface area contributed by atoms with Gasteiger partial charge in [-0.15, -0.1) is 0 Å². The lowest BCUT2D eigenvalue weighted by Gasteiger charge is -2.04. The molecule has 0 aromatic carbocycles. The van der Waals surface area contributed by atoms with E-state index in [4.69, 9.17) is 0 Å². The van der Waals surface area contributed by atoms with Crippen molar-refractivity contribution in [3.8, 4) is 0 Å². The molecule has 0 N–H and O–H groups in total. The van der Waals surface area contributed by atoms with Crippen molar-refractivity contribution in [2.24, 2.45) is 9.98 Å². The predicted molar refractivity (Wildman–Crippen MR) is 53.3 cm³/mol. The second kappa shape index (κ2) is 6.96. The van der Waals surface area contributed by atoms with E-state index in [-0.39, 0.29) is 6.04 Å². The maximum absolute atomic E-state index is 9.96. The zero-order valence-corrected chi connectivity index (χ0v) is 8.70. The summed E-state index contributed by atoms with van der Waals surface area (Å²) in [5.41, 5.74) is 1.70. The van der Waals surface area contributed by atoms with Gasteiger partial charge in [-0.1, -0.05) is 5.57 Å². The smallest absolute Gasteiger partial charge is 0.211 e. The average Bonchev–Trinajstić information content (AvgIpc) is 2.15. The van der Waals surface area contributed by atoms with Crippen LogP contribution in [0.25, 0.3) is 0 Å². The first kappa shape index (κ1) is 12.5. The van der Waals surface area contributed by atoms with Crippen LogP contribution in [0.15, 0.2) is 21.3 Å². The lowest BCUT2D eigenvalue weighted by molar-refractivity contribution is 0.554. The minimum absolute atomic E-state index is 0.0320. The Morgan fingerprint density at radius 2 is 1.93 bits per heavy atom. The monoisotopic (exact) mass is 194 g/mol. The summed E-state index contributed by atoms with van der Waals surface area (Å²) in [5.74, 6) is 0. The fourth-order valence-corrected chi connectivity index (χ4v) is 0.925. The van der Waals surface area contributed by atoms with Crippen LogP contribution in [0.3, 0.4) is 0 Å². The maximum atomic E-state index is 9.96. The minimum Gasteiger partial charge on any atom is -0.211 e. The van der Waals surface area contributed by atoms with Crippen molar-refractivity contribution in [2.75, 3.05) is 0 Å². The van der Waals surface area contributed by atoms with Crippen LogP contribution in [-0.4, -0.2) is 18.2 Å². The first-order chi connectivity index (χ1) is 6.61. The summed E-state index contributed by atoms with van der Waals surface area (Å²) in [7, 11) is 0. The molecule has 1 atom stereocenters. The molecular weight excluding hydrogens is 180 g/mol. The van der Waals surface area contributed by atoms with Crippen LogP contribution in [0.5, 0.6) is 0 Å². The first-order valence-electron chi connectivity index (χ1n) is 4.43. The Kier molecular flexibility index (Phi) is 6.21. The number of aliphatic imine (C=N–C) groups is 2. The lowest BCUT2D eigenvalue weighted by atomic mass is 10.1. The molecule has 4 nitrogen and oxygen atoms in total. The Labute approximate surface area is 83.4 Å². The molecule has 0 aliphatic rings. The molecule has 0 rings (SSSR count). The number of carbonyl (C=O) groups excluding carboxylic acids is 2. The van der Waals surface area contributed by atoms with Gasteiger partial charge < -0.3 is 0 Å². The summed E-state index contributed by atoms with van der Waals surface area (Å²) in [6, 6.07) is -0.0320. The zero-order valence-electron chi connectivity index (χ0n) is 8.70. The second-order valence-electron chi connectivity index (χ2n) is 3.18. The van der Waals surface area contributed by atoms with E-state index in [9.17, 15) is 9.59 Å². The van der Waals surface area contributed by atoms with E-state index in [0.29, 0.717) is 5.70 Å². The Hall–Kier alpha value is -1.50. The molecule has 0 fully saturated rings. The molecule has 0 amide bonds. The summed E-state index contributed by atoms with van der Waals surface area (Å²) in [6.07, 6.45) is 4.54. The number of isocyanates is 2. The topological polar surface area (TPSA) is 58.9 Å². The van der Waals surface area contributed by atoms with Gasteiger partial charge in [0.1, 0.15) is 0 Å². The number of rotatable bonds is 5. The maximum Gasteiger partial charge on any atom is 0.240 e. The number of hydrogen-bond donors (Lipinski definition) is 0. The van der Waals surface area contributed by atoms with Gasteiger partial charge in [-0.3, -0.25) is 0 Å². The van der Waals surface area contributed by atoms with Crippen molar-refractivity contribution in [1.82, 2.24) is 0 Å². The molecule has 0 bridgehead atoms. The highest BCUT2D eigenvalue weighted by Crippen LogP contribution is 2.13. The van der Waals surface area contributed by atoms with Gasteiger partial charge in [0, 0.05) is 5.70 Å². The van der Waals surface area contributed by atoms with E-state index in [1.54, 1.807) is 6.92 Å². The Morgan fingerprint density at radius 1 is 1.29 bits per heavy atom. The summed E-state index contributed by atoms with van der Waals surface area (Å²) in [6.45, 7) is 5.50. The molecule has 0 aliphatic heterocycles. The molecule has 0 aromatic heterocycles. The van der Waals surface area contributed by atoms with Crippen LogP contribution in [0, 0.1) is 0 Å². The largest absolute Gasteiger partial charge is 0.240 e.